The van der Waals surface area contributed by atoms with E-state index in [4.69, 9.17) is 4.74 Å². The molecule has 1 atom stereocenters. The van der Waals surface area contributed by atoms with E-state index in [1.165, 1.54) is 4.90 Å². The van der Waals surface area contributed by atoms with E-state index in [0.717, 1.165) is 12.0 Å². The van der Waals surface area contributed by atoms with Crippen molar-refractivity contribution in [3.05, 3.63) is 29.8 Å². The molecule has 1 saturated heterocycles. The van der Waals surface area contributed by atoms with E-state index < -0.39 is 17.7 Å². The maximum atomic E-state index is 12.6. The Labute approximate surface area is 166 Å². The van der Waals surface area contributed by atoms with Crippen LogP contribution in [-0.4, -0.2) is 41.0 Å². The van der Waals surface area contributed by atoms with Crippen LogP contribution in [0.1, 0.15) is 53.0 Å². The third-order valence-electron chi connectivity index (χ3n) is 4.37. The summed E-state index contributed by atoms with van der Waals surface area (Å²) in [4.78, 5) is 38.3. The summed E-state index contributed by atoms with van der Waals surface area (Å²) in [6, 6.07) is 6.85. The van der Waals surface area contributed by atoms with Gasteiger partial charge in [-0.15, -0.1) is 0 Å². The van der Waals surface area contributed by atoms with Crippen LogP contribution in [0.25, 0.3) is 0 Å². The molecular weight excluding hydrogens is 358 g/mol. The lowest BCUT2D eigenvalue weighted by Gasteiger charge is -2.28. The van der Waals surface area contributed by atoms with Gasteiger partial charge in [0.15, 0.2) is 0 Å². The van der Waals surface area contributed by atoms with Crippen LogP contribution in [0.2, 0.25) is 0 Å². The van der Waals surface area contributed by atoms with E-state index in [0.29, 0.717) is 25.2 Å². The third-order valence-corrected chi connectivity index (χ3v) is 4.37. The van der Waals surface area contributed by atoms with Crippen LogP contribution in [0, 0.1) is 5.92 Å². The fourth-order valence-electron chi connectivity index (χ4n) is 2.93. The average Bonchev–Trinajstić information content (AvgIpc) is 3.08. The molecule has 2 rings (SSSR count). The lowest BCUT2D eigenvalue weighted by molar-refractivity contribution is -0.125. The van der Waals surface area contributed by atoms with Crippen molar-refractivity contribution in [1.82, 2.24) is 10.2 Å². The molecule has 1 aromatic carbocycles. The SMILES string of the molecule is CC(C)C(=O)Nc1cccc(CNC(=O)C2CCCN2C(=O)OC(C)(C)C)c1. The van der Waals surface area contributed by atoms with Gasteiger partial charge in [0.2, 0.25) is 11.8 Å². The van der Waals surface area contributed by atoms with Gasteiger partial charge >= 0.3 is 6.09 Å². The fraction of sp³-hybridized carbons (Fsp3) is 0.571. The van der Waals surface area contributed by atoms with Crippen molar-refractivity contribution in [2.24, 2.45) is 5.92 Å². The van der Waals surface area contributed by atoms with Crippen molar-refractivity contribution in [2.75, 3.05) is 11.9 Å². The van der Waals surface area contributed by atoms with Crippen LogP contribution in [0.5, 0.6) is 0 Å². The lowest BCUT2D eigenvalue weighted by Crippen LogP contribution is -2.47. The Morgan fingerprint density at radius 3 is 2.61 bits per heavy atom. The van der Waals surface area contributed by atoms with E-state index in [9.17, 15) is 14.4 Å². The summed E-state index contributed by atoms with van der Waals surface area (Å²) in [7, 11) is 0. The zero-order valence-corrected chi connectivity index (χ0v) is 17.4. The molecule has 0 aliphatic carbocycles. The molecule has 1 aliphatic heterocycles. The van der Waals surface area contributed by atoms with Gasteiger partial charge in [-0.2, -0.15) is 0 Å². The molecular formula is C21H31N3O4. The van der Waals surface area contributed by atoms with E-state index in [1.807, 2.05) is 38.1 Å². The van der Waals surface area contributed by atoms with Crippen molar-refractivity contribution in [3.8, 4) is 0 Å². The number of hydrogen-bond donors (Lipinski definition) is 2. The number of anilines is 1. The van der Waals surface area contributed by atoms with Crippen LogP contribution >= 0.6 is 0 Å². The first kappa shape index (κ1) is 21.7. The highest BCUT2D eigenvalue weighted by molar-refractivity contribution is 5.92. The second-order valence-electron chi connectivity index (χ2n) is 8.39. The number of nitrogens with zero attached hydrogens (tertiary/aromatic N) is 1. The topological polar surface area (TPSA) is 87.7 Å². The normalized spacial score (nSPS) is 16.8. The first-order chi connectivity index (χ1) is 13.1. The van der Waals surface area contributed by atoms with Gasteiger partial charge in [-0.3, -0.25) is 14.5 Å². The summed E-state index contributed by atoms with van der Waals surface area (Å²) in [5.74, 6) is -0.357. The van der Waals surface area contributed by atoms with Crippen molar-refractivity contribution < 1.29 is 19.1 Å². The summed E-state index contributed by atoms with van der Waals surface area (Å²) in [6.45, 7) is 9.92. The quantitative estimate of drug-likeness (QED) is 0.809. The largest absolute Gasteiger partial charge is 0.444 e. The molecule has 7 heteroatoms. The number of hydrogen-bond acceptors (Lipinski definition) is 4. The molecule has 0 saturated carbocycles. The molecule has 1 aliphatic rings. The maximum absolute atomic E-state index is 12.6. The van der Waals surface area contributed by atoms with Gasteiger partial charge in [-0.25, -0.2) is 4.79 Å². The highest BCUT2D eigenvalue weighted by atomic mass is 16.6. The minimum atomic E-state index is -0.596. The Hall–Kier alpha value is -2.57. The molecule has 2 N–H and O–H groups in total. The van der Waals surface area contributed by atoms with Crippen LogP contribution < -0.4 is 10.6 Å². The van der Waals surface area contributed by atoms with Gasteiger partial charge in [0.25, 0.3) is 0 Å². The average molecular weight is 389 g/mol. The zero-order chi connectivity index (χ0) is 20.9. The predicted molar refractivity (Wildman–Crippen MR) is 108 cm³/mol. The number of nitrogens with one attached hydrogen (secondary N) is 2. The smallest absolute Gasteiger partial charge is 0.410 e. The van der Waals surface area contributed by atoms with Crippen LogP contribution in [-0.2, 0) is 20.9 Å². The van der Waals surface area contributed by atoms with Gasteiger partial charge in [0.1, 0.15) is 11.6 Å². The molecule has 154 valence electrons. The summed E-state index contributed by atoms with van der Waals surface area (Å²) in [6.07, 6.45) is 0.937. The van der Waals surface area contributed by atoms with Crippen LogP contribution in [0.4, 0.5) is 10.5 Å². The maximum Gasteiger partial charge on any atom is 0.410 e. The van der Waals surface area contributed by atoms with Crippen molar-refractivity contribution in [3.63, 3.8) is 0 Å². The molecule has 0 bridgehead atoms. The molecule has 1 heterocycles. The van der Waals surface area contributed by atoms with Gasteiger partial charge < -0.3 is 15.4 Å². The Kier molecular flexibility index (Phi) is 7.05. The number of carbonyl (C=O) groups is 3. The van der Waals surface area contributed by atoms with Gasteiger partial charge in [-0.1, -0.05) is 26.0 Å². The molecule has 1 unspecified atom stereocenters. The minimum absolute atomic E-state index is 0.0554. The standard InChI is InChI=1S/C21H31N3O4/c1-14(2)18(25)23-16-9-6-8-15(12-16)13-22-19(26)17-10-7-11-24(17)20(27)28-21(3,4)5/h6,8-9,12,14,17H,7,10-11,13H2,1-5H3,(H,22,26)(H,23,25). The Bertz CT molecular complexity index is 725. The highest BCUT2D eigenvalue weighted by Gasteiger charge is 2.36. The second-order valence-corrected chi connectivity index (χ2v) is 8.39. The number of rotatable bonds is 5. The molecule has 7 nitrogen and oxygen atoms in total. The Balaban J connectivity index is 1.94. The Morgan fingerprint density at radius 1 is 1.25 bits per heavy atom. The number of ether oxygens (including phenoxy) is 1. The molecule has 3 amide bonds. The molecule has 0 aromatic heterocycles. The summed E-state index contributed by atoms with van der Waals surface area (Å²) in [5.41, 5.74) is 0.972. The highest BCUT2D eigenvalue weighted by Crippen LogP contribution is 2.21. The van der Waals surface area contributed by atoms with Crippen molar-refractivity contribution >= 4 is 23.6 Å². The second kappa shape index (κ2) is 9.08. The van der Waals surface area contributed by atoms with Gasteiger partial charge in [0, 0.05) is 24.7 Å². The predicted octanol–water partition coefficient (Wildman–Crippen LogP) is 3.30. The van der Waals surface area contributed by atoms with Crippen LogP contribution in [0.3, 0.4) is 0 Å². The van der Waals surface area contributed by atoms with Crippen molar-refractivity contribution in [1.29, 1.82) is 0 Å². The fourth-order valence-corrected chi connectivity index (χ4v) is 2.93. The number of amides is 3. The monoisotopic (exact) mass is 389 g/mol. The van der Waals surface area contributed by atoms with Crippen molar-refractivity contribution in [2.45, 2.75) is 65.6 Å². The lowest BCUT2D eigenvalue weighted by atomic mass is 10.1. The first-order valence-electron chi connectivity index (χ1n) is 9.74. The van der Waals surface area contributed by atoms with E-state index in [2.05, 4.69) is 10.6 Å². The number of likely N-dealkylation sites (tertiary alicyclic amines) is 1. The van der Waals surface area contributed by atoms with E-state index in [1.54, 1.807) is 20.8 Å². The molecule has 28 heavy (non-hydrogen) atoms. The zero-order valence-electron chi connectivity index (χ0n) is 17.4. The van der Waals surface area contributed by atoms with E-state index >= 15 is 0 Å². The summed E-state index contributed by atoms with van der Waals surface area (Å²) >= 11 is 0. The molecule has 1 fully saturated rings. The third kappa shape index (κ3) is 6.25. The number of benzene rings is 1. The number of carbonyl (C=O) groups excluding carboxylic acids is 3. The molecule has 0 spiro atoms. The molecule has 1 aromatic rings. The summed E-state index contributed by atoms with van der Waals surface area (Å²) < 4.78 is 5.40. The minimum Gasteiger partial charge on any atom is -0.444 e. The molecule has 0 radical (unpaired) electrons. The Morgan fingerprint density at radius 2 is 1.96 bits per heavy atom. The van der Waals surface area contributed by atoms with Crippen LogP contribution in [0.15, 0.2) is 24.3 Å². The van der Waals surface area contributed by atoms with Gasteiger partial charge in [0.05, 0.1) is 0 Å². The van der Waals surface area contributed by atoms with Gasteiger partial charge in [-0.05, 0) is 51.3 Å². The van der Waals surface area contributed by atoms with E-state index in [-0.39, 0.29) is 17.7 Å². The first-order valence-corrected chi connectivity index (χ1v) is 9.74. The summed E-state index contributed by atoms with van der Waals surface area (Å²) in [5, 5.41) is 5.74.